The molecule has 6 N–H and O–H groups in total. The van der Waals surface area contributed by atoms with Gasteiger partial charge in [0.15, 0.2) is 0 Å². The van der Waals surface area contributed by atoms with Crippen LogP contribution in [0.2, 0.25) is 0 Å². The van der Waals surface area contributed by atoms with E-state index >= 15 is 0 Å². The van der Waals surface area contributed by atoms with E-state index in [9.17, 15) is 38.4 Å². The van der Waals surface area contributed by atoms with Crippen LogP contribution in [-0.2, 0) is 39.3 Å². The van der Waals surface area contributed by atoms with Gasteiger partial charge in [-0.25, -0.2) is 14.6 Å². The highest BCUT2D eigenvalue weighted by Crippen LogP contribution is 2.20. The molecule has 0 aliphatic carbocycles. The fourth-order valence-electron chi connectivity index (χ4n) is 4.80. The Hall–Kier alpha value is -6.59. The zero-order chi connectivity index (χ0) is 37.8. The van der Waals surface area contributed by atoms with Gasteiger partial charge in [-0.05, 0) is 43.7 Å². The van der Waals surface area contributed by atoms with Crippen LogP contribution < -0.4 is 43.8 Å². The second-order valence-corrected chi connectivity index (χ2v) is 11.8. The summed E-state index contributed by atoms with van der Waals surface area (Å²) >= 11 is 0. The molecule has 4 rings (SSSR count). The van der Waals surface area contributed by atoms with Crippen LogP contribution >= 0.6 is 0 Å². The van der Waals surface area contributed by atoms with Gasteiger partial charge in [0.2, 0.25) is 23.6 Å². The molecule has 1 aromatic carbocycles. The number of aromatic amines is 2. The lowest BCUT2D eigenvalue weighted by molar-refractivity contribution is -0.122. The number of hydrogen-bond donors (Lipinski definition) is 6. The SMILES string of the molecule is Cc1cn(CCC(=O)NCCC(=O)Nc2ccc(/C=N/c3ccc(NC(=O)CCNC(=O)CCn4cc(C)c(=O)[nH]c4=O)n3C)cc2)c(=O)[nH]c1=O. The summed E-state index contributed by atoms with van der Waals surface area (Å²) in [4.78, 5) is 105. The molecule has 0 saturated carbocycles. The molecule has 0 radical (unpaired) electrons. The number of carbonyl (C=O) groups excluding carboxylic acids is 4. The maximum atomic E-state index is 12.5. The Labute approximate surface area is 296 Å². The first-order chi connectivity index (χ1) is 24.8. The lowest BCUT2D eigenvalue weighted by Crippen LogP contribution is -2.33. The summed E-state index contributed by atoms with van der Waals surface area (Å²) in [6.45, 7) is 3.50. The maximum Gasteiger partial charge on any atom is 0.328 e. The lowest BCUT2D eigenvalue weighted by atomic mass is 10.2. The lowest BCUT2D eigenvalue weighted by Gasteiger charge is -2.09. The summed E-state index contributed by atoms with van der Waals surface area (Å²) in [5, 5.41) is 10.8. The third-order valence-electron chi connectivity index (χ3n) is 7.79. The molecule has 0 fully saturated rings. The van der Waals surface area contributed by atoms with E-state index in [1.807, 2.05) is 0 Å². The summed E-state index contributed by atoms with van der Waals surface area (Å²) in [7, 11) is 1.74. The molecule has 4 amide bonds. The van der Waals surface area contributed by atoms with Crippen LogP contribution in [-0.4, -0.2) is 66.6 Å². The number of aliphatic imine (C=N–C) groups is 1. The van der Waals surface area contributed by atoms with Crippen molar-refractivity contribution in [1.29, 1.82) is 0 Å². The van der Waals surface area contributed by atoms with Crippen LogP contribution in [0.4, 0.5) is 17.3 Å². The molecule has 0 atom stereocenters. The minimum atomic E-state index is -0.596. The van der Waals surface area contributed by atoms with Crippen molar-refractivity contribution in [2.45, 2.75) is 52.6 Å². The van der Waals surface area contributed by atoms with Gasteiger partial charge in [-0.3, -0.25) is 47.9 Å². The first-order valence-electron chi connectivity index (χ1n) is 16.3. The van der Waals surface area contributed by atoms with Crippen molar-refractivity contribution < 1.29 is 19.2 Å². The number of anilines is 2. The number of rotatable bonds is 16. The van der Waals surface area contributed by atoms with Gasteiger partial charge in [-0.1, -0.05) is 12.1 Å². The maximum absolute atomic E-state index is 12.5. The number of nitrogens with one attached hydrogen (secondary N) is 6. The van der Waals surface area contributed by atoms with Crippen molar-refractivity contribution in [3.8, 4) is 0 Å². The van der Waals surface area contributed by atoms with E-state index in [-0.39, 0.29) is 75.5 Å². The molecule has 18 heteroatoms. The van der Waals surface area contributed by atoms with Crippen molar-refractivity contribution in [2.24, 2.45) is 12.0 Å². The average molecular weight is 717 g/mol. The Bertz CT molecular complexity index is 2210. The Morgan fingerprint density at radius 2 is 1.17 bits per heavy atom. The Balaban J connectivity index is 1.14. The van der Waals surface area contributed by atoms with E-state index in [4.69, 9.17) is 0 Å². The highest BCUT2D eigenvalue weighted by Gasteiger charge is 2.11. The molecular weight excluding hydrogens is 676 g/mol. The summed E-state index contributed by atoms with van der Waals surface area (Å²) in [6.07, 6.45) is 4.48. The molecule has 3 heterocycles. The number of benzene rings is 1. The fraction of sp³-hybridized carbons (Fsp3) is 0.324. The molecule has 0 unspecified atom stereocenters. The summed E-state index contributed by atoms with van der Waals surface area (Å²) in [6, 6.07) is 10.4. The molecule has 4 aromatic rings. The van der Waals surface area contributed by atoms with Gasteiger partial charge < -0.3 is 25.8 Å². The number of nitrogens with zero attached hydrogens (tertiary/aromatic N) is 4. The largest absolute Gasteiger partial charge is 0.356 e. The monoisotopic (exact) mass is 716 g/mol. The van der Waals surface area contributed by atoms with E-state index in [0.29, 0.717) is 28.5 Å². The van der Waals surface area contributed by atoms with Gasteiger partial charge in [0, 0.05) is 94.3 Å². The second kappa shape index (κ2) is 17.9. The van der Waals surface area contributed by atoms with Crippen molar-refractivity contribution >= 4 is 47.2 Å². The van der Waals surface area contributed by atoms with Crippen molar-refractivity contribution in [2.75, 3.05) is 23.7 Å². The standard InChI is InChI=1S/C34H40N10O8/c1-21-19-43(33(51)40-31(21)49)16-12-27(45)35-14-10-29(47)38-24-6-4-23(5-7-24)18-37-25-8-9-26(42(25)3)39-30(48)11-15-36-28(46)13-17-44-20-22(2)32(50)41-34(44)52/h4-9,18-20H,10-17H2,1-3H3,(H,35,45)(H,36,46)(H,38,47)(H,39,48)(H,40,49,51)(H,41,50,52)/b37-18+. The predicted molar refractivity (Wildman–Crippen MR) is 193 cm³/mol. The molecule has 3 aromatic heterocycles. The minimum absolute atomic E-state index is 0.0000333. The van der Waals surface area contributed by atoms with Crippen LogP contribution in [0.1, 0.15) is 42.4 Å². The number of aryl methyl sites for hydroxylation is 4. The van der Waals surface area contributed by atoms with E-state index in [0.717, 1.165) is 5.56 Å². The van der Waals surface area contributed by atoms with Crippen LogP contribution in [0.5, 0.6) is 0 Å². The van der Waals surface area contributed by atoms with Crippen molar-refractivity contribution in [1.82, 2.24) is 34.3 Å². The van der Waals surface area contributed by atoms with Crippen LogP contribution in [0.25, 0.3) is 0 Å². The number of hydrogen-bond acceptors (Lipinski definition) is 9. The van der Waals surface area contributed by atoms with Gasteiger partial charge in [0.25, 0.3) is 11.1 Å². The number of aromatic nitrogens is 5. The summed E-state index contributed by atoms with van der Waals surface area (Å²) in [5.41, 5.74) is -0.104. The van der Waals surface area contributed by atoms with Crippen LogP contribution in [0.3, 0.4) is 0 Å². The Morgan fingerprint density at radius 3 is 1.69 bits per heavy atom. The Kier molecular flexibility index (Phi) is 13.1. The molecule has 0 spiro atoms. The van der Waals surface area contributed by atoms with Crippen molar-refractivity contribution in [3.05, 3.63) is 107 Å². The predicted octanol–water partition coefficient (Wildman–Crippen LogP) is 0.163. The zero-order valence-corrected chi connectivity index (χ0v) is 28.9. The molecule has 0 aliphatic rings. The van der Waals surface area contributed by atoms with Gasteiger partial charge in [-0.15, -0.1) is 0 Å². The number of amides is 4. The zero-order valence-electron chi connectivity index (χ0n) is 28.9. The quantitative estimate of drug-likeness (QED) is 0.0871. The highest BCUT2D eigenvalue weighted by atomic mass is 16.2. The van der Waals surface area contributed by atoms with Crippen LogP contribution in [0.15, 0.2) is 73.0 Å². The van der Waals surface area contributed by atoms with Gasteiger partial charge >= 0.3 is 11.4 Å². The second-order valence-electron chi connectivity index (χ2n) is 11.8. The number of carbonyl (C=O) groups is 4. The first kappa shape index (κ1) is 38.2. The van der Waals surface area contributed by atoms with Gasteiger partial charge in [-0.2, -0.15) is 0 Å². The first-order valence-corrected chi connectivity index (χ1v) is 16.3. The molecular formula is C34H40N10O8. The molecule has 52 heavy (non-hydrogen) atoms. The average Bonchev–Trinajstić information content (AvgIpc) is 3.44. The molecule has 0 saturated heterocycles. The topological polar surface area (TPSA) is 243 Å². The summed E-state index contributed by atoms with van der Waals surface area (Å²) in [5.74, 6) is -0.231. The third-order valence-corrected chi connectivity index (χ3v) is 7.79. The van der Waals surface area contributed by atoms with E-state index in [1.165, 1.54) is 21.5 Å². The van der Waals surface area contributed by atoms with Crippen molar-refractivity contribution in [3.63, 3.8) is 0 Å². The van der Waals surface area contributed by atoms with E-state index in [2.05, 4.69) is 36.2 Å². The smallest absolute Gasteiger partial charge is 0.328 e. The number of H-pyrrole nitrogens is 2. The fourth-order valence-corrected chi connectivity index (χ4v) is 4.80. The van der Waals surface area contributed by atoms with E-state index in [1.54, 1.807) is 68.1 Å². The molecule has 18 nitrogen and oxygen atoms in total. The van der Waals surface area contributed by atoms with Gasteiger partial charge in [0.1, 0.15) is 11.6 Å². The molecule has 0 aliphatic heterocycles. The normalized spacial score (nSPS) is 11.0. The molecule has 0 bridgehead atoms. The minimum Gasteiger partial charge on any atom is -0.356 e. The summed E-state index contributed by atoms with van der Waals surface area (Å²) < 4.78 is 4.19. The van der Waals surface area contributed by atoms with Gasteiger partial charge in [0.05, 0.1) is 0 Å². The Morgan fingerprint density at radius 1 is 0.673 bits per heavy atom. The molecule has 274 valence electrons. The third kappa shape index (κ3) is 11.2. The highest BCUT2D eigenvalue weighted by molar-refractivity contribution is 5.92. The van der Waals surface area contributed by atoms with E-state index < -0.39 is 22.5 Å². The van der Waals surface area contributed by atoms with Crippen LogP contribution in [0, 0.1) is 13.8 Å².